The summed E-state index contributed by atoms with van der Waals surface area (Å²) >= 11 is 0. The van der Waals surface area contributed by atoms with E-state index in [1.165, 1.54) is 12.8 Å². The van der Waals surface area contributed by atoms with Crippen molar-refractivity contribution in [1.82, 2.24) is 20.2 Å². The highest BCUT2D eigenvalue weighted by Gasteiger charge is 2.44. The minimum Gasteiger partial charge on any atom is -0.415 e. The number of piperidine rings is 2. The van der Waals surface area contributed by atoms with Gasteiger partial charge in [-0.25, -0.2) is 27.2 Å². The second-order valence-corrected chi connectivity index (χ2v) is 13.2. The van der Waals surface area contributed by atoms with Gasteiger partial charge in [0.2, 0.25) is 21.9 Å². The number of nitrogens with one attached hydrogen (secondary N) is 1. The minimum atomic E-state index is -3.70. The Labute approximate surface area is 237 Å². The first-order valence-electron chi connectivity index (χ1n) is 13.9. The molecule has 11 nitrogen and oxygen atoms in total. The lowest BCUT2D eigenvalue weighted by Gasteiger charge is -2.35. The number of rotatable bonds is 8. The molecule has 14 heteroatoms. The maximum Gasteiger partial charge on any atom is 0.266 e. The number of alkyl halides is 2. The van der Waals surface area contributed by atoms with Crippen molar-refractivity contribution in [2.75, 3.05) is 53.1 Å². The standard InChI is InChI=1S/C27H33F2N7O4S/c1-18-16-21(31-25(30-18)36-12-8-27(28,29)9-13-36)24-33-32-23(40-24)20-3-2-19(34-41(38,39)15-14-37)17-22(20)35-10-6-26(4-5-26)7-11-35/h2-3,16-17,34,37H,4-15H2,1H3. The van der Waals surface area contributed by atoms with Crippen LogP contribution in [0.3, 0.4) is 0 Å². The molecule has 0 bridgehead atoms. The molecule has 1 saturated carbocycles. The molecule has 41 heavy (non-hydrogen) atoms. The lowest BCUT2D eigenvalue weighted by Crippen LogP contribution is -2.40. The van der Waals surface area contributed by atoms with Gasteiger partial charge in [-0.05, 0) is 62.3 Å². The topological polar surface area (TPSA) is 138 Å². The summed E-state index contributed by atoms with van der Waals surface area (Å²) in [6.45, 7) is 3.27. The Morgan fingerprint density at radius 1 is 0.951 bits per heavy atom. The van der Waals surface area contributed by atoms with E-state index < -0.39 is 28.3 Å². The van der Waals surface area contributed by atoms with E-state index in [1.807, 2.05) is 0 Å². The van der Waals surface area contributed by atoms with Gasteiger partial charge in [0.05, 0.1) is 29.3 Å². The molecule has 6 rings (SSSR count). The van der Waals surface area contributed by atoms with Crippen LogP contribution in [0.5, 0.6) is 0 Å². The number of aromatic nitrogens is 4. The van der Waals surface area contributed by atoms with Crippen molar-refractivity contribution < 1.29 is 26.7 Å². The van der Waals surface area contributed by atoms with E-state index in [9.17, 15) is 17.2 Å². The first-order valence-corrected chi connectivity index (χ1v) is 15.5. The first-order chi connectivity index (χ1) is 19.5. The second kappa shape index (κ2) is 10.5. The first kappa shape index (κ1) is 27.8. The predicted molar refractivity (Wildman–Crippen MR) is 150 cm³/mol. The number of nitrogens with zero attached hydrogens (tertiary/aromatic N) is 6. The van der Waals surface area contributed by atoms with Crippen LogP contribution >= 0.6 is 0 Å². The van der Waals surface area contributed by atoms with E-state index in [0.717, 1.165) is 31.6 Å². The minimum absolute atomic E-state index is 0.153. The number of aliphatic hydroxyl groups is 1. The van der Waals surface area contributed by atoms with Crippen LogP contribution in [0.15, 0.2) is 28.7 Å². The summed E-state index contributed by atoms with van der Waals surface area (Å²) in [5, 5.41) is 17.6. The number of aryl methyl sites for hydroxylation is 1. The molecule has 3 aromatic rings. The number of halogens is 2. The van der Waals surface area contributed by atoms with Crippen LogP contribution in [0.4, 0.5) is 26.1 Å². The largest absolute Gasteiger partial charge is 0.415 e. The number of hydrogen-bond donors (Lipinski definition) is 2. The Morgan fingerprint density at radius 3 is 2.32 bits per heavy atom. The summed E-state index contributed by atoms with van der Waals surface area (Å²) in [4.78, 5) is 12.9. The molecular weight excluding hydrogens is 556 g/mol. The van der Waals surface area contributed by atoms with Crippen molar-refractivity contribution >= 4 is 27.3 Å². The number of hydrogen-bond acceptors (Lipinski definition) is 10. The van der Waals surface area contributed by atoms with Gasteiger partial charge in [0.1, 0.15) is 5.69 Å². The summed E-state index contributed by atoms with van der Waals surface area (Å²) in [6, 6.07) is 6.84. The third kappa shape index (κ3) is 6.13. The van der Waals surface area contributed by atoms with E-state index in [-0.39, 0.29) is 37.7 Å². The highest BCUT2D eigenvalue weighted by atomic mass is 32.2. The molecule has 0 atom stereocenters. The van der Waals surface area contributed by atoms with Gasteiger partial charge in [-0.15, -0.1) is 10.2 Å². The predicted octanol–water partition coefficient (Wildman–Crippen LogP) is 3.85. The van der Waals surface area contributed by atoms with E-state index in [4.69, 9.17) is 9.52 Å². The third-order valence-corrected chi connectivity index (χ3v) is 9.51. The van der Waals surface area contributed by atoms with Crippen LogP contribution in [0, 0.1) is 12.3 Å². The molecular formula is C27H33F2N7O4S. The van der Waals surface area contributed by atoms with E-state index in [1.54, 1.807) is 36.1 Å². The van der Waals surface area contributed by atoms with Gasteiger partial charge in [-0.3, -0.25) is 4.72 Å². The Morgan fingerprint density at radius 2 is 1.63 bits per heavy atom. The molecule has 1 aromatic carbocycles. The molecule has 0 radical (unpaired) electrons. The van der Waals surface area contributed by atoms with E-state index >= 15 is 0 Å². The van der Waals surface area contributed by atoms with Crippen LogP contribution in [0.1, 0.15) is 44.2 Å². The Kier molecular flexibility index (Phi) is 7.09. The van der Waals surface area contributed by atoms with E-state index in [0.29, 0.717) is 34.0 Å². The molecule has 220 valence electrons. The average molecular weight is 590 g/mol. The fourth-order valence-electron chi connectivity index (χ4n) is 5.56. The van der Waals surface area contributed by atoms with Crippen LogP contribution in [0.25, 0.3) is 23.0 Å². The average Bonchev–Trinajstić information content (AvgIpc) is 3.48. The second-order valence-electron chi connectivity index (χ2n) is 11.3. The molecule has 0 amide bonds. The lowest BCUT2D eigenvalue weighted by atomic mass is 9.93. The summed E-state index contributed by atoms with van der Waals surface area (Å²) in [5.74, 6) is -2.31. The zero-order chi connectivity index (χ0) is 28.8. The zero-order valence-electron chi connectivity index (χ0n) is 22.8. The van der Waals surface area contributed by atoms with E-state index in [2.05, 4.69) is 29.8 Å². The molecule has 1 spiro atoms. The van der Waals surface area contributed by atoms with Crippen molar-refractivity contribution in [2.24, 2.45) is 5.41 Å². The number of aliphatic hydroxyl groups excluding tert-OH is 1. The number of benzene rings is 1. The smallest absolute Gasteiger partial charge is 0.266 e. The quantitative estimate of drug-likeness (QED) is 0.399. The van der Waals surface area contributed by atoms with Gasteiger partial charge in [0, 0.05) is 44.7 Å². The summed E-state index contributed by atoms with van der Waals surface area (Å²) in [7, 11) is -3.70. The normalized spacial score (nSPS) is 19.9. The molecule has 2 aromatic heterocycles. The maximum atomic E-state index is 13.7. The van der Waals surface area contributed by atoms with Gasteiger partial charge in [0.15, 0.2) is 0 Å². The maximum absolute atomic E-state index is 13.7. The van der Waals surface area contributed by atoms with Crippen molar-refractivity contribution in [2.45, 2.75) is 51.4 Å². The molecule has 3 aliphatic rings. The molecule has 2 aliphatic heterocycles. The van der Waals surface area contributed by atoms with Crippen molar-refractivity contribution in [3.63, 3.8) is 0 Å². The van der Waals surface area contributed by atoms with Crippen molar-refractivity contribution in [3.05, 3.63) is 30.0 Å². The number of anilines is 3. The highest BCUT2D eigenvalue weighted by Crippen LogP contribution is 2.54. The highest BCUT2D eigenvalue weighted by molar-refractivity contribution is 7.92. The molecule has 3 fully saturated rings. The fourth-order valence-corrected chi connectivity index (χ4v) is 6.39. The van der Waals surface area contributed by atoms with Gasteiger partial charge >= 0.3 is 0 Å². The molecule has 1 aliphatic carbocycles. The summed E-state index contributed by atoms with van der Waals surface area (Å²) in [5.41, 5.74) is 3.30. The fraction of sp³-hybridized carbons (Fsp3) is 0.556. The van der Waals surface area contributed by atoms with Crippen LogP contribution in [-0.4, -0.2) is 78.2 Å². The molecule has 0 unspecified atom stereocenters. The molecule has 2 saturated heterocycles. The van der Waals surface area contributed by atoms with Gasteiger partial charge in [-0.1, -0.05) is 0 Å². The van der Waals surface area contributed by atoms with Crippen molar-refractivity contribution in [1.29, 1.82) is 0 Å². The molecule has 4 heterocycles. The van der Waals surface area contributed by atoms with Crippen molar-refractivity contribution in [3.8, 4) is 23.0 Å². The van der Waals surface area contributed by atoms with Crippen LogP contribution in [0.2, 0.25) is 0 Å². The summed E-state index contributed by atoms with van der Waals surface area (Å²) in [6.07, 6.45) is 4.12. The summed E-state index contributed by atoms with van der Waals surface area (Å²) < 4.78 is 60.6. The third-order valence-electron chi connectivity index (χ3n) is 8.25. The lowest BCUT2D eigenvalue weighted by molar-refractivity contribution is -0.0222. The molecule has 2 N–H and O–H groups in total. The monoisotopic (exact) mass is 589 g/mol. The van der Waals surface area contributed by atoms with Crippen LogP contribution < -0.4 is 14.5 Å². The van der Waals surface area contributed by atoms with Crippen LogP contribution in [-0.2, 0) is 10.0 Å². The Balaban J connectivity index is 1.30. The SMILES string of the molecule is Cc1cc(-c2nnc(-c3ccc(NS(=O)(=O)CCO)cc3N3CCC4(CC3)CC4)o2)nc(N2CCC(F)(F)CC2)n1. The zero-order valence-corrected chi connectivity index (χ0v) is 23.6. The van der Waals surface area contributed by atoms with Gasteiger partial charge in [-0.2, -0.15) is 0 Å². The Bertz CT molecular complexity index is 1520. The van der Waals surface area contributed by atoms with Gasteiger partial charge < -0.3 is 19.3 Å². The Hall–Kier alpha value is -3.39. The van der Waals surface area contributed by atoms with Gasteiger partial charge in [0.25, 0.3) is 11.8 Å². The number of sulfonamides is 1.